The van der Waals surface area contributed by atoms with Crippen molar-refractivity contribution in [1.29, 1.82) is 0 Å². The zero-order valence-electron chi connectivity index (χ0n) is 22.1. The first-order chi connectivity index (χ1) is 20.2. The molecule has 0 fully saturated rings. The number of allylic oxidation sites excluding steroid dienone is 1. The van der Waals surface area contributed by atoms with E-state index < -0.39 is 29.4 Å². The number of amides is 1. The number of aromatic amines is 1. The summed E-state index contributed by atoms with van der Waals surface area (Å²) in [5, 5.41) is 23.2. The fourth-order valence-corrected chi connectivity index (χ4v) is 3.47. The topological polar surface area (TPSA) is 230 Å². The van der Waals surface area contributed by atoms with Crippen LogP contribution in [-0.2, 0) is 20.9 Å². The number of hydrogen-bond donors (Lipinski definition) is 6. The minimum Gasteiger partial charge on any atom is -0.481 e. The van der Waals surface area contributed by atoms with Crippen molar-refractivity contribution in [3.63, 3.8) is 0 Å². The van der Waals surface area contributed by atoms with E-state index in [-0.39, 0.29) is 42.1 Å². The molecule has 14 nitrogen and oxygen atoms in total. The highest BCUT2D eigenvalue weighted by Gasteiger charge is 2.21. The first kappa shape index (κ1) is 30.6. The summed E-state index contributed by atoms with van der Waals surface area (Å²) >= 11 is 0. The van der Waals surface area contributed by atoms with E-state index in [1.54, 1.807) is 18.2 Å². The van der Waals surface area contributed by atoms with Gasteiger partial charge in [0.25, 0.3) is 11.5 Å². The molecule has 0 bridgehead atoms. The van der Waals surface area contributed by atoms with Crippen LogP contribution in [0.1, 0.15) is 34.5 Å². The molecule has 2 aromatic heterocycles. The Bertz CT molecular complexity index is 1640. The molecule has 14 heteroatoms. The largest absolute Gasteiger partial charge is 0.481 e. The maximum Gasteiger partial charge on any atom is 0.326 e. The number of aldehydes is 1. The first-order valence-electron chi connectivity index (χ1n) is 12.4. The van der Waals surface area contributed by atoms with Crippen LogP contribution in [0.5, 0.6) is 0 Å². The maximum absolute atomic E-state index is 12.3. The molecule has 1 amide bonds. The van der Waals surface area contributed by atoms with E-state index in [1.165, 1.54) is 24.4 Å². The first-order valence-corrected chi connectivity index (χ1v) is 12.4. The highest BCUT2D eigenvalue weighted by molar-refractivity contribution is 5.97. The smallest absolute Gasteiger partial charge is 0.326 e. The zero-order valence-corrected chi connectivity index (χ0v) is 22.1. The van der Waals surface area contributed by atoms with Gasteiger partial charge in [0.05, 0.1) is 18.4 Å². The van der Waals surface area contributed by atoms with Gasteiger partial charge < -0.3 is 26.6 Å². The van der Waals surface area contributed by atoms with E-state index >= 15 is 0 Å². The number of anilines is 2. The lowest BCUT2D eigenvalue weighted by atomic mass is 10.1. The number of carboxylic acids is 2. The summed E-state index contributed by atoms with van der Waals surface area (Å²) in [4.78, 5) is 70.4. The number of carboxylic acid groups (broad SMARTS) is 2. The van der Waals surface area contributed by atoms with Crippen LogP contribution in [0.3, 0.4) is 0 Å². The Morgan fingerprint density at radius 3 is 2.38 bits per heavy atom. The van der Waals surface area contributed by atoms with Crippen LogP contribution in [-0.4, -0.2) is 60.3 Å². The molecule has 0 aliphatic heterocycles. The number of nitrogens with zero attached hydrogens (tertiary/aromatic N) is 3. The fourth-order valence-electron chi connectivity index (χ4n) is 3.47. The lowest BCUT2D eigenvalue weighted by Crippen LogP contribution is -2.41. The lowest BCUT2D eigenvalue weighted by molar-refractivity contribution is -0.140. The summed E-state index contributed by atoms with van der Waals surface area (Å²) in [6.07, 6.45) is 4.86. The Morgan fingerprint density at radius 2 is 1.74 bits per heavy atom. The standard InChI is InChI=1S/C19H19N7O6.C9H8O/c20-19-25-15-14(17(30)26-19)23-11(8-22-15)7-21-10-3-1-9(2-4-10)16(29)24-12(18(31)32)5-6-13(27)28;10-8-4-7-9-5-2-1-3-6-9/h1-4,8,12,21H,5-7H2,(H,24,29)(H,27,28)(H,31,32)(H3,20,22,25,26,30);1-8H. The second kappa shape index (κ2) is 15.0. The number of rotatable bonds is 11. The average Bonchev–Trinajstić information content (AvgIpc) is 2.98. The summed E-state index contributed by atoms with van der Waals surface area (Å²) in [7, 11) is 0. The summed E-state index contributed by atoms with van der Waals surface area (Å²) < 4.78 is 0. The predicted octanol–water partition coefficient (Wildman–Crippen LogP) is 1.85. The van der Waals surface area contributed by atoms with Gasteiger partial charge in [0.2, 0.25) is 5.95 Å². The molecule has 0 radical (unpaired) electrons. The third-order valence-corrected chi connectivity index (χ3v) is 5.52. The molecule has 0 spiro atoms. The van der Waals surface area contributed by atoms with Crippen LogP contribution >= 0.6 is 0 Å². The van der Waals surface area contributed by atoms with Crippen molar-refractivity contribution in [2.45, 2.75) is 25.4 Å². The Balaban J connectivity index is 0.000000408. The summed E-state index contributed by atoms with van der Waals surface area (Å²) in [6, 6.07) is 14.6. The number of aromatic nitrogens is 4. The van der Waals surface area contributed by atoms with Crippen LogP contribution in [0.25, 0.3) is 17.2 Å². The minimum atomic E-state index is -1.31. The molecule has 7 N–H and O–H groups in total. The number of H-pyrrole nitrogens is 1. The lowest BCUT2D eigenvalue weighted by Gasteiger charge is -2.14. The number of nitrogens with one attached hydrogen (secondary N) is 3. The summed E-state index contributed by atoms with van der Waals surface area (Å²) in [5.41, 5.74) is 7.52. The van der Waals surface area contributed by atoms with Crippen molar-refractivity contribution in [1.82, 2.24) is 25.3 Å². The van der Waals surface area contributed by atoms with Gasteiger partial charge in [0.15, 0.2) is 11.2 Å². The number of aliphatic carboxylic acids is 2. The van der Waals surface area contributed by atoms with Crippen LogP contribution in [0.2, 0.25) is 0 Å². The molecule has 42 heavy (non-hydrogen) atoms. The van der Waals surface area contributed by atoms with Crippen molar-refractivity contribution in [3.05, 3.63) is 94.0 Å². The number of hydrogen-bond acceptors (Lipinski definition) is 10. The number of nitrogen functional groups attached to an aromatic ring is 1. The van der Waals surface area contributed by atoms with Crippen molar-refractivity contribution < 1.29 is 29.4 Å². The fraction of sp³-hybridized carbons (Fsp3) is 0.143. The highest BCUT2D eigenvalue weighted by Crippen LogP contribution is 2.12. The number of benzene rings is 2. The summed E-state index contributed by atoms with van der Waals surface area (Å²) in [6.45, 7) is 0.231. The van der Waals surface area contributed by atoms with Crippen molar-refractivity contribution in [3.8, 4) is 0 Å². The van der Waals surface area contributed by atoms with E-state index in [0.717, 1.165) is 11.8 Å². The summed E-state index contributed by atoms with van der Waals surface area (Å²) in [5.74, 6) is -3.16. The molecule has 4 aromatic rings. The SMILES string of the molecule is Nc1nc2ncc(CNc3ccc(C(=O)NC(CCC(=O)O)C(=O)O)cc3)nc2c(=O)[nH]1.O=CC=Cc1ccccc1. The van der Waals surface area contributed by atoms with Crippen LogP contribution < -0.4 is 21.9 Å². The van der Waals surface area contributed by atoms with Gasteiger partial charge >= 0.3 is 11.9 Å². The molecule has 0 aliphatic rings. The normalized spacial score (nSPS) is 11.2. The van der Waals surface area contributed by atoms with Gasteiger partial charge in [-0.2, -0.15) is 4.98 Å². The van der Waals surface area contributed by atoms with Crippen LogP contribution in [0, 0.1) is 0 Å². The van der Waals surface area contributed by atoms with Crippen molar-refractivity contribution in [2.24, 2.45) is 0 Å². The molecule has 0 saturated heterocycles. The maximum atomic E-state index is 12.3. The number of carbonyl (C=O) groups is 4. The van der Waals surface area contributed by atoms with Gasteiger partial charge in [-0.3, -0.25) is 24.2 Å². The van der Waals surface area contributed by atoms with Gasteiger partial charge in [-0.1, -0.05) is 36.4 Å². The molecule has 0 saturated carbocycles. The minimum absolute atomic E-state index is 0.0524. The van der Waals surface area contributed by atoms with Gasteiger partial charge in [0, 0.05) is 17.7 Å². The van der Waals surface area contributed by atoms with E-state index in [4.69, 9.17) is 15.9 Å². The van der Waals surface area contributed by atoms with Crippen molar-refractivity contribution in [2.75, 3.05) is 11.1 Å². The Kier molecular flexibility index (Phi) is 11.0. The van der Waals surface area contributed by atoms with E-state index in [2.05, 4.69) is 30.6 Å². The van der Waals surface area contributed by atoms with E-state index in [1.807, 2.05) is 30.3 Å². The molecular formula is C28H27N7O7. The van der Waals surface area contributed by atoms with E-state index in [9.17, 15) is 24.0 Å². The third kappa shape index (κ3) is 9.37. The Morgan fingerprint density at radius 1 is 1.02 bits per heavy atom. The number of fused-ring (bicyclic) bond motifs is 1. The monoisotopic (exact) mass is 573 g/mol. The van der Waals surface area contributed by atoms with Crippen molar-refractivity contribution >= 4 is 53.0 Å². The second-order valence-corrected chi connectivity index (χ2v) is 8.62. The molecule has 2 heterocycles. The number of nitrogens with two attached hydrogens (primary N) is 1. The molecule has 4 rings (SSSR count). The third-order valence-electron chi connectivity index (χ3n) is 5.52. The molecule has 1 unspecified atom stereocenters. The molecule has 2 aromatic carbocycles. The average molecular weight is 574 g/mol. The van der Waals surface area contributed by atoms with Crippen LogP contribution in [0.4, 0.5) is 11.6 Å². The molecule has 0 aliphatic carbocycles. The van der Waals surface area contributed by atoms with Crippen LogP contribution in [0.15, 0.2) is 71.7 Å². The van der Waals surface area contributed by atoms with Gasteiger partial charge in [0.1, 0.15) is 12.3 Å². The Hall–Kier alpha value is -5.92. The zero-order chi connectivity index (χ0) is 30.5. The predicted molar refractivity (Wildman–Crippen MR) is 153 cm³/mol. The second-order valence-electron chi connectivity index (χ2n) is 8.62. The van der Waals surface area contributed by atoms with Gasteiger partial charge in [-0.25, -0.2) is 14.8 Å². The highest BCUT2D eigenvalue weighted by atomic mass is 16.4. The van der Waals surface area contributed by atoms with Gasteiger partial charge in [-0.15, -0.1) is 0 Å². The quantitative estimate of drug-likeness (QED) is 0.111. The van der Waals surface area contributed by atoms with E-state index in [0.29, 0.717) is 11.4 Å². The number of carbonyl (C=O) groups excluding carboxylic acids is 2. The molecule has 1 atom stereocenters. The Labute approximate surface area is 238 Å². The molecule has 216 valence electrons. The van der Waals surface area contributed by atoms with Gasteiger partial charge in [-0.05, 0) is 42.3 Å². The molecular weight excluding hydrogens is 546 g/mol.